The van der Waals surface area contributed by atoms with Crippen LogP contribution in [0.4, 0.5) is 0 Å². The van der Waals surface area contributed by atoms with Gasteiger partial charge in [-0.2, -0.15) is 0 Å². The number of hydrogen-bond acceptors (Lipinski definition) is 11. The lowest BCUT2D eigenvalue weighted by atomic mass is 10.1. The van der Waals surface area contributed by atoms with Crippen LogP contribution < -0.4 is 4.89 Å². The standard InChI is InChI=1S/C46H82NO11P/c1-6-8-10-11-12-13-14-15-16-17-18-19-20-25-29-35-46(52)58-42(40-57-59(53,54)56-38-37-47(3,4)5)39-55-45(51)36-30-34-44(50)43(49)33-28-24-22-21-23-27-32-41(48)31-26-9-7-2/h13-14,21-24,27-28,32-33,41-44,48-50H,6-12,15-20,25-26,29-31,34-40H2,1-5H3/b14-13-,23-21-,24-22+,32-27+,33-28+/t41-,42-,43-,44-/m1/s1. The molecule has 0 amide bonds. The van der Waals surface area contributed by atoms with Gasteiger partial charge >= 0.3 is 11.9 Å². The first-order valence-electron chi connectivity index (χ1n) is 22.3. The monoisotopic (exact) mass is 856 g/mol. The molecule has 0 bridgehead atoms. The van der Waals surface area contributed by atoms with Gasteiger partial charge in [0.15, 0.2) is 6.10 Å². The third-order valence-electron chi connectivity index (χ3n) is 9.38. The SMILES string of the molecule is CCCCCC/C=C\CCCCCCCCCC(=O)O[C@H](COC(=O)CCC[C@@H](O)[C@H](O)/C=C/C=C/C=C\C=C\[C@H](O)CCCCC)COP(=O)([O-])OCC[N+](C)(C)C. The average Bonchev–Trinajstić information content (AvgIpc) is 3.17. The quantitative estimate of drug-likeness (QED) is 0.0135. The predicted molar refractivity (Wildman–Crippen MR) is 235 cm³/mol. The molecular weight excluding hydrogens is 773 g/mol. The predicted octanol–water partition coefficient (Wildman–Crippen LogP) is 8.74. The summed E-state index contributed by atoms with van der Waals surface area (Å²) in [5.74, 6) is -1.17. The van der Waals surface area contributed by atoms with Crippen LogP contribution in [0.25, 0.3) is 0 Å². The molecule has 0 heterocycles. The van der Waals surface area contributed by atoms with Crippen LogP contribution in [0.5, 0.6) is 0 Å². The van der Waals surface area contributed by atoms with Crippen LogP contribution in [0.3, 0.4) is 0 Å². The van der Waals surface area contributed by atoms with Crippen LogP contribution in [0.1, 0.15) is 149 Å². The molecule has 0 saturated heterocycles. The summed E-state index contributed by atoms with van der Waals surface area (Å²) < 4.78 is 33.6. The van der Waals surface area contributed by atoms with E-state index in [0.29, 0.717) is 17.4 Å². The molecule has 342 valence electrons. The number of nitrogens with zero attached hydrogens (tertiary/aromatic N) is 1. The summed E-state index contributed by atoms with van der Waals surface area (Å²) in [5.41, 5.74) is 0. The number of ether oxygens (including phenoxy) is 2. The van der Waals surface area contributed by atoms with Gasteiger partial charge in [0.2, 0.25) is 0 Å². The van der Waals surface area contributed by atoms with Gasteiger partial charge in [-0.3, -0.25) is 14.2 Å². The lowest BCUT2D eigenvalue weighted by molar-refractivity contribution is -0.870. The van der Waals surface area contributed by atoms with Gasteiger partial charge in [0.1, 0.15) is 19.8 Å². The normalized spacial score (nSPS) is 15.7. The van der Waals surface area contributed by atoms with Crippen molar-refractivity contribution in [2.24, 2.45) is 0 Å². The number of phosphoric acid groups is 1. The number of aliphatic hydroxyl groups excluding tert-OH is 3. The van der Waals surface area contributed by atoms with E-state index >= 15 is 0 Å². The molecule has 0 rings (SSSR count). The number of unbranched alkanes of at least 4 members (excludes halogenated alkanes) is 13. The van der Waals surface area contributed by atoms with Gasteiger partial charge in [-0.25, -0.2) is 0 Å². The number of carbonyl (C=O) groups is 2. The van der Waals surface area contributed by atoms with E-state index in [1.165, 1.54) is 51.0 Å². The van der Waals surface area contributed by atoms with Crippen molar-refractivity contribution < 1.29 is 57.4 Å². The summed E-state index contributed by atoms with van der Waals surface area (Å²) >= 11 is 0. The molecular formula is C46H82NO11P. The van der Waals surface area contributed by atoms with Gasteiger partial charge in [0.25, 0.3) is 7.82 Å². The minimum absolute atomic E-state index is 0.0788. The molecule has 0 aromatic carbocycles. The van der Waals surface area contributed by atoms with E-state index in [0.717, 1.165) is 57.8 Å². The largest absolute Gasteiger partial charge is 0.756 e. The highest BCUT2D eigenvalue weighted by Gasteiger charge is 2.22. The highest BCUT2D eigenvalue weighted by molar-refractivity contribution is 7.45. The fraction of sp³-hybridized carbons (Fsp3) is 0.739. The highest BCUT2D eigenvalue weighted by atomic mass is 31.2. The van der Waals surface area contributed by atoms with Gasteiger partial charge in [0.05, 0.1) is 46.1 Å². The molecule has 59 heavy (non-hydrogen) atoms. The second kappa shape index (κ2) is 37.4. The molecule has 3 N–H and O–H groups in total. The molecule has 0 aliphatic carbocycles. The van der Waals surface area contributed by atoms with E-state index in [4.69, 9.17) is 18.5 Å². The van der Waals surface area contributed by atoms with Crippen LogP contribution in [0.15, 0.2) is 60.8 Å². The lowest BCUT2D eigenvalue weighted by Gasteiger charge is -2.28. The maximum Gasteiger partial charge on any atom is 0.306 e. The van der Waals surface area contributed by atoms with E-state index in [9.17, 15) is 34.4 Å². The third-order valence-corrected chi connectivity index (χ3v) is 10.3. The molecule has 5 atom stereocenters. The first-order valence-corrected chi connectivity index (χ1v) is 23.8. The Morgan fingerprint density at radius 2 is 1.19 bits per heavy atom. The smallest absolute Gasteiger partial charge is 0.306 e. The Hall–Kier alpha value is -2.41. The van der Waals surface area contributed by atoms with Crippen molar-refractivity contribution >= 4 is 19.8 Å². The van der Waals surface area contributed by atoms with Crippen molar-refractivity contribution in [3.05, 3.63) is 60.8 Å². The van der Waals surface area contributed by atoms with Gasteiger partial charge < -0.3 is 43.2 Å². The van der Waals surface area contributed by atoms with Crippen LogP contribution in [0.2, 0.25) is 0 Å². The van der Waals surface area contributed by atoms with E-state index in [2.05, 4.69) is 26.0 Å². The van der Waals surface area contributed by atoms with Gasteiger partial charge in [-0.15, -0.1) is 0 Å². The van der Waals surface area contributed by atoms with Crippen molar-refractivity contribution in [3.63, 3.8) is 0 Å². The topological polar surface area (TPSA) is 172 Å². The molecule has 0 aliphatic heterocycles. The van der Waals surface area contributed by atoms with Crippen molar-refractivity contribution in [3.8, 4) is 0 Å². The lowest BCUT2D eigenvalue weighted by Crippen LogP contribution is -2.37. The van der Waals surface area contributed by atoms with Crippen molar-refractivity contribution in [1.29, 1.82) is 0 Å². The molecule has 0 aliphatic rings. The number of hydrogen-bond donors (Lipinski definition) is 3. The minimum atomic E-state index is -4.71. The van der Waals surface area contributed by atoms with Gasteiger partial charge in [-0.1, -0.05) is 145 Å². The van der Waals surface area contributed by atoms with E-state index < -0.39 is 57.4 Å². The third kappa shape index (κ3) is 39.5. The Labute approximate surface area is 357 Å². The molecule has 0 spiro atoms. The zero-order chi connectivity index (χ0) is 44.0. The Kier molecular flexibility index (Phi) is 35.8. The summed E-state index contributed by atoms with van der Waals surface area (Å²) in [4.78, 5) is 37.6. The van der Waals surface area contributed by atoms with Crippen molar-refractivity contribution in [2.75, 3.05) is 47.5 Å². The zero-order valence-electron chi connectivity index (χ0n) is 37.3. The maximum atomic E-state index is 12.7. The summed E-state index contributed by atoms with van der Waals surface area (Å²) in [6, 6.07) is 0. The molecule has 12 nitrogen and oxygen atoms in total. The number of allylic oxidation sites excluding steroid dienone is 8. The molecule has 0 aromatic heterocycles. The number of rotatable bonds is 39. The summed E-state index contributed by atoms with van der Waals surface area (Å²) in [6.45, 7) is 3.69. The molecule has 0 saturated carbocycles. The van der Waals surface area contributed by atoms with E-state index in [-0.39, 0.29) is 32.3 Å². The fourth-order valence-corrected chi connectivity index (χ4v) is 6.41. The van der Waals surface area contributed by atoms with Crippen LogP contribution in [-0.2, 0) is 32.7 Å². The van der Waals surface area contributed by atoms with E-state index in [1.54, 1.807) is 42.5 Å². The molecule has 13 heteroatoms. The Bertz CT molecular complexity index is 1240. The van der Waals surface area contributed by atoms with Crippen LogP contribution in [-0.4, -0.2) is 104 Å². The second-order valence-electron chi connectivity index (χ2n) is 16.3. The fourth-order valence-electron chi connectivity index (χ4n) is 5.68. The van der Waals surface area contributed by atoms with Crippen LogP contribution >= 0.6 is 7.82 Å². The Morgan fingerprint density at radius 1 is 0.644 bits per heavy atom. The molecule has 0 aromatic rings. The summed E-state index contributed by atoms with van der Waals surface area (Å²) in [5, 5.41) is 30.5. The van der Waals surface area contributed by atoms with Crippen molar-refractivity contribution in [1.82, 2.24) is 0 Å². The number of carbonyl (C=O) groups excluding carboxylic acids is 2. The average molecular weight is 856 g/mol. The number of likely N-dealkylation sites (N-methyl/N-ethyl adjacent to an activating group) is 1. The van der Waals surface area contributed by atoms with E-state index in [1.807, 2.05) is 21.1 Å². The number of aliphatic hydroxyl groups is 3. The number of esters is 2. The zero-order valence-corrected chi connectivity index (χ0v) is 38.2. The first-order chi connectivity index (χ1) is 28.2. The second-order valence-corrected chi connectivity index (χ2v) is 17.7. The summed E-state index contributed by atoms with van der Waals surface area (Å²) in [7, 11) is 0.966. The Morgan fingerprint density at radius 3 is 1.81 bits per heavy atom. The minimum Gasteiger partial charge on any atom is -0.756 e. The molecule has 0 radical (unpaired) electrons. The maximum absolute atomic E-state index is 12.7. The number of phosphoric ester groups is 1. The number of quaternary nitrogens is 1. The Balaban J connectivity index is 4.69. The first kappa shape index (κ1) is 56.6. The van der Waals surface area contributed by atoms with Crippen molar-refractivity contribution in [2.45, 2.75) is 173 Å². The molecule has 1 unspecified atom stereocenters. The van der Waals surface area contributed by atoms with Crippen LogP contribution in [0, 0.1) is 0 Å². The highest BCUT2D eigenvalue weighted by Crippen LogP contribution is 2.38. The van der Waals surface area contributed by atoms with Gasteiger partial charge in [0, 0.05) is 12.8 Å². The molecule has 0 fully saturated rings. The van der Waals surface area contributed by atoms with Gasteiger partial charge in [-0.05, 0) is 51.4 Å². The summed E-state index contributed by atoms with van der Waals surface area (Å²) in [6.07, 6.45) is 33.3.